The summed E-state index contributed by atoms with van der Waals surface area (Å²) in [4.78, 5) is 25.6. The van der Waals surface area contributed by atoms with Crippen LogP contribution in [0.4, 0.5) is 0 Å². The molecule has 1 heterocycles. The summed E-state index contributed by atoms with van der Waals surface area (Å²) in [5.74, 6) is 0.558. The normalized spacial score (nSPS) is 43.0. The minimum Gasteiger partial charge on any atom is -0.461 e. The third kappa shape index (κ3) is 4.25. The second-order valence-electron chi connectivity index (χ2n) is 13.0. The molecule has 3 N–H and O–H groups in total. The fourth-order valence-corrected chi connectivity index (χ4v) is 9.45. The van der Waals surface area contributed by atoms with Crippen molar-refractivity contribution in [1.29, 1.82) is 0 Å². The van der Waals surface area contributed by atoms with E-state index in [4.69, 9.17) is 15.2 Å². The molecule has 9 nitrogen and oxygen atoms in total. The van der Waals surface area contributed by atoms with E-state index in [1.165, 1.54) is 10.9 Å². The van der Waals surface area contributed by atoms with E-state index in [9.17, 15) is 14.7 Å². The summed E-state index contributed by atoms with van der Waals surface area (Å²) in [5, 5.41) is 18.8. The van der Waals surface area contributed by atoms with Gasteiger partial charge in [0.25, 0.3) is 0 Å². The molecule has 1 aromatic heterocycles. The number of ketones is 1. The highest BCUT2D eigenvalue weighted by Crippen LogP contribution is 2.69. The number of nitrogens with zero attached hydrogens (tertiary/aromatic N) is 3. The Morgan fingerprint density at radius 2 is 1.92 bits per heavy atom. The highest BCUT2D eigenvalue weighted by molar-refractivity contribution is 5.87. The van der Waals surface area contributed by atoms with E-state index in [1.54, 1.807) is 14.0 Å². The number of carbonyl (C=O) groups is 2. The van der Waals surface area contributed by atoms with Crippen LogP contribution in [0.15, 0.2) is 6.20 Å². The molecule has 4 aliphatic rings. The van der Waals surface area contributed by atoms with Crippen molar-refractivity contribution >= 4 is 11.8 Å². The molecule has 0 radical (unpaired) electrons. The van der Waals surface area contributed by atoms with Gasteiger partial charge < -0.3 is 20.3 Å². The largest absolute Gasteiger partial charge is 0.461 e. The maximum Gasteiger partial charge on any atom is 0.360 e. The zero-order chi connectivity index (χ0) is 26.6. The number of hydrogen-bond donors (Lipinski definition) is 2. The maximum atomic E-state index is 13.6. The van der Waals surface area contributed by atoms with Gasteiger partial charge in [0.1, 0.15) is 6.54 Å². The molecule has 8 atom stereocenters. The van der Waals surface area contributed by atoms with Crippen LogP contribution in [0.3, 0.4) is 0 Å². The third-order valence-corrected chi connectivity index (χ3v) is 11.0. The molecule has 4 fully saturated rings. The van der Waals surface area contributed by atoms with Crippen LogP contribution >= 0.6 is 0 Å². The molecule has 37 heavy (non-hydrogen) atoms. The first kappa shape index (κ1) is 26.8. The van der Waals surface area contributed by atoms with Gasteiger partial charge in [-0.25, -0.2) is 9.48 Å². The zero-order valence-electron chi connectivity index (χ0n) is 22.9. The number of rotatable bonds is 7. The number of aliphatic hydroxyl groups is 1. The SMILES string of the molecule is CCOC(=O)c1cn(CC(=O)[C@H]2CC[C@H]3C4(N)CC[C@H]5C[C@](C)(O)CC[C@]5(COC)[C@H]4CC[C@]23C)nn1. The number of aromatic nitrogens is 3. The Morgan fingerprint density at radius 1 is 1.14 bits per heavy atom. The lowest BCUT2D eigenvalue weighted by molar-refractivity contribution is -0.183. The van der Waals surface area contributed by atoms with Gasteiger partial charge in [-0.1, -0.05) is 12.1 Å². The predicted molar refractivity (Wildman–Crippen MR) is 136 cm³/mol. The van der Waals surface area contributed by atoms with Crippen molar-refractivity contribution < 1.29 is 24.2 Å². The van der Waals surface area contributed by atoms with Crippen LogP contribution in [0.25, 0.3) is 0 Å². The number of ether oxygens (including phenoxy) is 2. The topological polar surface area (TPSA) is 130 Å². The van der Waals surface area contributed by atoms with Gasteiger partial charge in [-0.15, -0.1) is 5.10 Å². The van der Waals surface area contributed by atoms with E-state index < -0.39 is 11.6 Å². The molecule has 1 unspecified atom stereocenters. The van der Waals surface area contributed by atoms with Crippen LogP contribution < -0.4 is 5.73 Å². The molecule has 0 aliphatic heterocycles. The average Bonchev–Trinajstić information content (AvgIpc) is 3.44. The van der Waals surface area contributed by atoms with Crippen LogP contribution in [0, 0.1) is 34.5 Å². The number of carbonyl (C=O) groups excluding carboxylic acids is 2. The number of hydrogen-bond acceptors (Lipinski definition) is 8. The summed E-state index contributed by atoms with van der Waals surface area (Å²) in [6.45, 7) is 7.06. The predicted octanol–water partition coefficient (Wildman–Crippen LogP) is 3.14. The van der Waals surface area contributed by atoms with Crippen molar-refractivity contribution in [1.82, 2.24) is 15.0 Å². The van der Waals surface area contributed by atoms with Crippen LogP contribution in [0.1, 0.15) is 89.0 Å². The summed E-state index contributed by atoms with van der Waals surface area (Å²) >= 11 is 0. The molecule has 5 rings (SSSR count). The molecule has 4 aliphatic carbocycles. The molecule has 0 amide bonds. The van der Waals surface area contributed by atoms with E-state index in [-0.39, 0.29) is 52.8 Å². The number of nitrogens with two attached hydrogens (primary N) is 1. The molecule has 9 heteroatoms. The highest BCUT2D eigenvalue weighted by atomic mass is 16.5. The van der Waals surface area contributed by atoms with Gasteiger partial charge in [-0.2, -0.15) is 0 Å². The van der Waals surface area contributed by atoms with Crippen molar-refractivity contribution in [3.8, 4) is 0 Å². The van der Waals surface area contributed by atoms with Crippen molar-refractivity contribution in [3.05, 3.63) is 11.9 Å². The lowest BCUT2D eigenvalue weighted by atomic mass is 9.41. The summed E-state index contributed by atoms with van der Waals surface area (Å²) in [5.41, 5.74) is 6.52. The number of esters is 1. The lowest BCUT2D eigenvalue weighted by Gasteiger charge is -2.66. The van der Waals surface area contributed by atoms with Crippen molar-refractivity contribution in [2.75, 3.05) is 20.3 Å². The van der Waals surface area contributed by atoms with Gasteiger partial charge in [0.15, 0.2) is 11.5 Å². The molecular weight excluding hydrogens is 472 g/mol. The molecular formula is C28H44N4O5. The Hall–Kier alpha value is -1.84. The zero-order valence-corrected chi connectivity index (χ0v) is 22.9. The summed E-state index contributed by atoms with van der Waals surface area (Å²) in [7, 11) is 1.79. The highest BCUT2D eigenvalue weighted by Gasteiger charge is 2.67. The number of methoxy groups -OCH3 is 1. The van der Waals surface area contributed by atoms with Gasteiger partial charge in [0.05, 0.1) is 25.0 Å². The van der Waals surface area contributed by atoms with Crippen molar-refractivity contribution in [3.63, 3.8) is 0 Å². The van der Waals surface area contributed by atoms with E-state index in [2.05, 4.69) is 17.2 Å². The van der Waals surface area contributed by atoms with Gasteiger partial charge in [-0.3, -0.25) is 4.79 Å². The monoisotopic (exact) mass is 516 g/mol. The third-order valence-electron chi connectivity index (χ3n) is 11.0. The fourth-order valence-electron chi connectivity index (χ4n) is 9.45. The van der Waals surface area contributed by atoms with E-state index in [1.807, 2.05) is 6.92 Å². The van der Waals surface area contributed by atoms with E-state index in [0.29, 0.717) is 18.4 Å². The fraction of sp³-hybridized carbons (Fsp3) is 0.857. The van der Waals surface area contributed by atoms with E-state index in [0.717, 1.165) is 57.8 Å². The molecule has 0 saturated heterocycles. The molecule has 206 valence electrons. The quantitative estimate of drug-likeness (QED) is 0.529. The summed E-state index contributed by atoms with van der Waals surface area (Å²) in [6.07, 6.45) is 9.75. The van der Waals surface area contributed by atoms with Crippen LogP contribution in [-0.4, -0.2) is 63.3 Å². The first-order valence-corrected chi connectivity index (χ1v) is 14.1. The second kappa shape index (κ2) is 9.42. The first-order chi connectivity index (χ1) is 17.5. The van der Waals surface area contributed by atoms with Crippen molar-refractivity contribution in [2.45, 2.75) is 96.2 Å². The van der Waals surface area contributed by atoms with Crippen molar-refractivity contribution in [2.24, 2.45) is 40.2 Å². The molecule has 4 saturated carbocycles. The maximum absolute atomic E-state index is 13.6. The Labute approximate surface area is 219 Å². The first-order valence-electron chi connectivity index (χ1n) is 14.1. The number of fused-ring (bicyclic) bond motifs is 5. The van der Waals surface area contributed by atoms with Crippen LogP contribution in [-0.2, 0) is 20.8 Å². The Morgan fingerprint density at radius 3 is 2.65 bits per heavy atom. The second-order valence-corrected chi connectivity index (χ2v) is 13.0. The molecule has 0 aromatic carbocycles. The standard InChI is InChI=1S/C28H44N4O5/c1-5-37-24(34)20-15-32(31-30-20)16-21(33)19-6-7-22-26(19,3)10-9-23-27(17-36-4)13-12-25(2,35)14-18(27)8-11-28(22,23)29/h15,18-19,22-23,35H,5-14,16-17,29H2,1-4H3/t18-,19+,22+,23+,25+,26+,27+,28?/m0/s1. The van der Waals surface area contributed by atoms with Crippen LogP contribution in [0.2, 0.25) is 0 Å². The van der Waals surface area contributed by atoms with Gasteiger partial charge >= 0.3 is 5.97 Å². The lowest BCUT2D eigenvalue weighted by Crippen LogP contribution is -2.70. The van der Waals surface area contributed by atoms with Gasteiger partial charge in [0, 0.05) is 24.0 Å². The number of Topliss-reactive ketones (excluding diaryl/α,β-unsaturated/α-hetero) is 1. The van der Waals surface area contributed by atoms with Gasteiger partial charge in [-0.05, 0) is 94.8 Å². The summed E-state index contributed by atoms with van der Waals surface area (Å²) < 4.78 is 12.3. The summed E-state index contributed by atoms with van der Waals surface area (Å²) in [6, 6.07) is 0. The minimum atomic E-state index is -0.612. The smallest absolute Gasteiger partial charge is 0.360 e. The Balaban J connectivity index is 1.36. The minimum absolute atomic E-state index is 0.00234. The molecule has 0 bridgehead atoms. The van der Waals surface area contributed by atoms with Gasteiger partial charge in [0.2, 0.25) is 0 Å². The Bertz CT molecular complexity index is 1040. The van der Waals surface area contributed by atoms with E-state index >= 15 is 0 Å². The Kier molecular flexibility index (Phi) is 6.81. The molecule has 1 aromatic rings. The average molecular weight is 517 g/mol. The molecule has 0 spiro atoms. The van der Waals surface area contributed by atoms with Crippen LogP contribution in [0.5, 0.6) is 0 Å².